The van der Waals surface area contributed by atoms with E-state index in [-0.39, 0.29) is 6.15 Å². The van der Waals surface area contributed by atoms with Gasteiger partial charge in [0.25, 0.3) is 0 Å². The number of hydrogen-bond acceptors (Lipinski definition) is 13. The lowest BCUT2D eigenvalue weighted by atomic mass is 10.0. The standard InChI is InChI=1S/C57H114O4S9/c1-9-16-20-23-25-28-34-47-64-55(63-46-33-27-24-21-17-10-2,61-41-32-36-45-62-54-38-30-29-31-39-54)56(65-48-35-26-22-18-11-3,69-52-53(14-6)37-19-12-4)70-57(66-49-42-58-8,67-50-43-59-15-7)68-51-44-60-40-13-5/h53-54H,9-52H2,1-8H3. The fraction of sp³-hybridized carbons (Fsp3) is 1.00. The van der Waals surface area contributed by atoms with Crippen LogP contribution in [0.1, 0.15) is 241 Å². The quantitative estimate of drug-likeness (QED) is 0.0429. The molecule has 4 unspecified atom stereocenters. The molecule has 13 heteroatoms. The minimum atomic E-state index is -0.408. The summed E-state index contributed by atoms with van der Waals surface area (Å²) in [4.78, 5) is 0. The van der Waals surface area contributed by atoms with Crippen LogP contribution < -0.4 is 0 Å². The second-order valence-electron chi connectivity index (χ2n) is 19.3. The molecule has 0 aliphatic heterocycles. The highest BCUT2D eigenvalue weighted by Gasteiger charge is 2.59. The van der Waals surface area contributed by atoms with Crippen molar-refractivity contribution in [1.29, 1.82) is 0 Å². The molecule has 4 nitrogen and oxygen atoms in total. The zero-order valence-corrected chi connectivity index (χ0v) is 54.4. The van der Waals surface area contributed by atoms with Crippen molar-refractivity contribution >= 4 is 106 Å². The van der Waals surface area contributed by atoms with E-state index in [2.05, 4.69) is 154 Å². The van der Waals surface area contributed by atoms with Gasteiger partial charge < -0.3 is 18.9 Å². The number of hydrogen-bond donors (Lipinski definition) is 0. The summed E-state index contributed by atoms with van der Waals surface area (Å²) in [5.41, 5.74) is 0. The second kappa shape index (κ2) is 51.4. The van der Waals surface area contributed by atoms with Crippen LogP contribution in [0.15, 0.2) is 0 Å². The monoisotopic (exact) mass is 1150 g/mol. The van der Waals surface area contributed by atoms with Crippen molar-refractivity contribution in [2.45, 2.75) is 257 Å². The van der Waals surface area contributed by atoms with Gasteiger partial charge in [-0.25, -0.2) is 0 Å². The lowest BCUT2D eigenvalue weighted by Gasteiger charge is -2.51. The van der Waals surface area contributed by atoms with E-state index in [4.69, 9.17) is 18.9 Å². The van der Waals surface area contributed by atoms with Gasteiger partial charge in [0.2, 0.25) is 0 Å². The van der Waals surface area contributed by atoms with Crippen molar-refractivity contribution in [3.05, 3.63) is 0 Å². The summed E-state index contributed by atoms with van der Waals surface area (Å²) in [6, 6.07) is 0. The van der Waals surface area contributed by atoms with Crippen molar-refractivity contribution in [2.24, 2.45) is 5.92 Å². The van der Waals surface area contributed by atoms with Crippen LogP contribution in [0.25, 0.3) is 0 Å². The first kappa shape index (κ1) is 71.0. The lowest BCUT2D eigenvalue weighted by Crippen LogP contribution is -2.48. The third-order valence-electron chi connectivity index (χ3n) is 12.9. The topological polar surface area (TPSA) is 36.9 Å². The minimum Gasteiger partial charge on any atom is -0.384 e. The van der Waals surface area contributed by atoms with Gasteiger partial charge in [-0.2, -0.15) is 11.8 Å². The summed E-state index contributed by atoms with van der Waals surface area (Å²) in [6.45, 7) is 21.0. The van der Waals surface area contributed by atoms with E-state index in [0.717, 1.165) is 75.0 Å². The number of thioether (sulfide) groups is 9. The van der Waals surface area contributed by atoms with Gasteiger partial charge in [0, 0.05) is 49.4 Å². The van der Waals surface area contributed by atoms with Gasteiger partial charge in [-0.1, -0.05) is 188 Å². The lowest BCUT2D eigenvalue weighted by molar-refractivity contribution is 0.0926. The smallest absolute Gasteiger partial charge is 0.193 e. The first-order valence-corrected chi connectivity index (χ1v) is 38.2. The molecule has 0 aromatic carbocycles. The Labute approximate surface area is 476 Å². The third kappa shape index (κ3) is 35.5. The summed E-state index contributed by atoms with van der Waals surface area (Å²) in [5, 5.41) is 0.876. The van der Waals surface area contributed by atoms with Gasteiger partial charge in [-0.3, -0.25) is 0 Å². The maximum absolute atomic E-state index is 8.06. The predicted octanol–water partition coefficient (Wildman–Crippen LogP) is 21.0. The molecule has 1 rings (SSSR count). The van der Waals surface area contributed by atoms with Crippen molar-refractivity contribution in [3.8, 4) is 0 Å². The molecule has 0 heterocycles. The van der Waals surface area contributed by atoms with Crippen molar-refractivity contribution in [2.75, 3.05) is 92.8 Å². The van der Waals surface area contributed by atoms with Gasteiger partial charge >= 0.3 is 0 Å². The fourth-order valence-electron chi connectivity index (χ4n) is 8.48. The van der Waals surface area contributed by atoms with E-state index in [0.29, 0.717) is 5.92 Å². The molecule has 0 bridgehead atoms. The van der Waals surface area contributed by atoms with E-state index in [1.54, 1.807) is 0 Å². The Morgan fingerprint density at radius 3 is 1.49 bits per heavy atom. The molecule has 1 saturated carbocycles. The molecule has 0 N–H and O–H groups in total. The van der Waals surface area contributed by atoms with Crippen molar-refractivity contribution in [3.63, 3.8) is 0 Å². The van der Waals surface area contributed by atoms with E-state index < -0.39 is 4.27 Å². The Bertz CT molecular complexity index is 1080. The van der Waals surface area contributed by atoms with E-state index in [9.17, 15) is 0 Å². The molecule has 1 aliphatic carbocycles. The average Bonchev–Trinajstić information content (AvgIpc) is 3.37. The molecule has 4 atom stereocenters. The van der Waals surface area contributed by atoms with Crippen LogP contribution in [-0.2, 0) is 18.9 Å². The van der Waals surface area contributed by atoms with Gasteiger partial charge in [0.05, 0.1) is 19.8 Å². The summed E-state index contributed by atoms with van der Waals surface area (Å²) in [6.07, 6.45) is 39.8. The normalized spacial score (nSPS) is 16.6. The molecule has 70 heavy (non-hydrogen) atoms. The number of methoxy groups -OCH3 is 1. The molecule has 0 radical (unpaired) electrons. The highest BCUT2D eigenvalue weighted by Crippen LogP contribution is 2.72. The number of unbranched alkanes of at least 4 members (excludes halogenated alkanes) is 17. The Kier molecular flexibility index (Phi) is 52.2. The maximum atomic E-state index is 8.06. The molecule has 0 aromatic heterocycles. The Morgan fingerprint density at radius 2 is 0.957 bits per heavy atom. The molecule has 0 spiro atoms. The van der Waals surface area contributed by atoms with Gasteiger partial charge in [-0.15, -0.1) is 82.3 Å². The predicted molar refractivity (Wildman–Crippen MR) is 340 cm³/mol. The number of ether oxygens (including phenoxy) is 4. The van der Waals surface area contributed by atoms with Crippen LogP contribution in [0.4, 0.5) is 0 Å². The van der Waals surface area contributed by atoms with Crippen molar-refractivity contribution in [1.82, 2.24) is 0 Å². The highest BCUT2D eigenvalue weighted by molar-refractivity contribution is 8.53. The van der Waals surface area contributed by atoms with Crippen LogP contribution in [-0.4, -0.2) is 108 Å². The van der Waals surface area contributed by atoms with Crippen LogP contribution >= 0.6 is 106 Å². The van der Waals surface area contributed by atoms with Crippen LogP contribution in [0.2, 0.25) is 0 Å². The molecule has 0 aromatic rings. The summed E-state index contributed by atoms with van der Waals surface area (Å²) < 4.78 is 25.5. The first-order valence-electron chi connectivity index (χ1n) is 29.5. The zero-order chi connectivity index (χ0) is 51.0. The van der Waals surface area contributed by atoms with E-state index in [1.165, 1.54) is 209 Å². The van der Waals surface area contributed by atoms with Gasteiger partial charge in [-0.05, 0) is 99.4 Å². The Morgan fingerprint density at radius 1 is 0.443 bits per heavy atom. The van der Waals surface area contributed by atoms with Crippen LogP contribution in [0.5, 0.6) is 0 Å². The highest BCUT2D eigenvalue weighted by atomic mass is 32.3. The summed E-state index contributed by atoms with van der Waals surface area (Å²) >= 11 is 20.2. The molecule has 0 amide bonds. The third-order valence-corrected chi connectivity index (χ3v) is 29.8. The fourth-order valence-corrected chi connectivity index (χ4v) is 27.0. The molecular formula is C57H114O4S9. The van der Waals surface area contributed by atoms with Gasteiger partial charge in [0.1, 0.15) is 0 Å². The Hall–Kier alpha value is 2.99. The maximum Gasteiger partial charge on any atom is 0.193 e. The summed E-state index contributed by atoms with van der Waals surface area (Å²) in [7, 11) is 1.88. The first-order chi connectivity index (χ1) is 34.4. The average molecular weight is 1150 g/mol. The van der Waals surface area contributed by atoms with Crippen LogP contribution in [0.3, 0.4) is 0 Å². The number of rotatable bonds is 56. The minimum absolute atomic E-state index is 0.190. The molecule has 420 valence electrons. The molecule has 0 saturated heterocycles. The second-order valence-corrected chi connectivity index (χ2v) is 33.8. The molecule has 1 fully saturated rings. The van der Waals surface area contributed by atoms with E-state index in [1.807, 2.05) is 7.11 Å². The largest absolute Gasteiger partial charge is 0.384 e. The zero-order valence-electron chi connectivity index (χ0n) is 47.1. The van der Waals surface area contributed by atoms with Gasteiger partial charge in [0.15, 0.2) is 10.4 Å². The van der Waals surface area contributed by atoms with E-state index >= 15 is 0 Å². The van der Waals surface area contributed by atoms with Crippen molar-refractivity contribution < 1.29 is 18.9 Å². The Balaban J connectivity index is 4.13. The van der Waals surface area contributed by atoms with Crippen LogP contribution in [0, 0.1) is 5.92 Å². The SMILES string of the molecule is CCCCCCCCCSC(OCCCCSC1CCCCC1)(SCCCCCCCC)C(SCCCCCCC)(SCC(CC)CCCC)SC(SCCOC)(SCCOCC)SCCOCCC. The molecule has 1 aliphatic rings. The molecular weight excluding hydrogens is 1040 g/mol. The summed E-state index contributed by atoms with van der Waals surface area (Å²) in [5.74, 6) is 9.61.